The van der Waals surface area contributed by atoms with Gasteiger partial charge in [0.15, 0.2) is 5.67 Å². The van der Waals surface area contributed by atoms with E-state index >= 15 is 0 Å². The standard InChI is InChI=1S/C13H8F18O2/c1-2-5(14,3-4(32)33)6(15,16)7(17,18)8(19,20)9(21,22)10(23,24)11(25,26)12(27,28)13(29,30)31/h2-3H2,1H3,(H,32,33). The Hall–Kier alpha value is -1.79. The van der Waals surface area contributed by atoms with Crippen LogP contribution in [0.2, 0.25) is 0 Å². The molecule has 1 N–H and O–H groups in total. The van der Waals surface area contributed by atoms with Crippen LogP contribution >= 0.6 is 0 Å². The first-order valence-electron chi connectivity index (χ1n) is 7.60. The molecule has 0 amide bonds. The molecule has 0 aromatic carbocycles. The van der Waals surface area contributed by atoms with Crippen molar-refractivity contribution >= 4 is 5.97 Å². The zero-order valence-electron chi connectivity index (χ0n) is 15.1. The number of hydrogen-bond donors (Lipinski definition) is 1. The fourth-order valence-electron chi connectivity index (χ4n) is 2.14. The second kappa shape index (κ2) is 7.88. The van der Waals surface area contributed by atoms with Crippen molar-refractivity contribution in [3.8, 4) is 0 Å². The fourth-order valence-corrected chi connectivity index (χ4v) is 2.14. The third-order valence-corrected chi connectivity index (χ3v) is 4.28. The number of rotatable bonds is 10. The van der Waals surface area contributed by atoms with Gasteiger partial charge in [-0.3, -0.25) is 4.79 Å². The molecule has 0 fully saturated rings. The highest BCUT2D eigenvalue weighted by atomic mass is 19.4. The second-order valence-electron chi connectivity index (χ2n) is 6.41. The van der Waals surface area contributed by atoms with Crippen LogP contribution in [0.25, 0.3) is 0 Å². The van der Waals surface area contributed by atoms with Crippen LogP contribution in [0.3, 0.4) is 0 Å². The smallest absolute Gasteiger partial charge is 0.460 e. The van der Waals surface area contributed by atoms with Gasteiger partial charge in [0.25, 0.3) is 0 Å². The lowest BCUT2D eigenvalue weighted by molar-refractivity contribution is -0.465. The maximum atomic E-state index is 14.0. The largest absolute Gasteiger partial charge is 0.481 e. The molecule has 0 aliphatic heterocycles. The van der Waals surface area contributed by atoms with Gasteiger partial charge in [0, 0.05) is 0 Å². The van der Waals surface area contributed by atoms with Crippen LogP contribution in [0.1, 0.15) is 19.8 Å². The molecule has 198 valence electrons. The third kappa shape index (κ3) is 3.93. The number of carboxylic acids is 1. The lowest BCUT2D eigenvalue weighted by Gasteiger charge is -2.45. The van der Waals surface area contributed by atoms with Gasteiger partial charge in [-0.2, -0.15) is 74.6 Å². The van der Waals surface area contributed by atoms with Crippen molar-refractivity contribution in [3.63, 3.8) is 0 Å². The molecular weight excluding hydrogens is 530 g/mol. The second-order valence-corrected chi connectivity index (χ2v) is 6.41. The van der Waals surface area contributed by atoms with Crippen molar-refractivity contribution in [2.75, 3.05) is 0 Å². The molecule has 0 radical (unpaired) electrons. The lowest BCUT2D eigenvalue weighted by Crippen LogP contribution is -2.76. The van der Waals surface area contributed by atoms with Crippen molar-refractivity contribution in [3.05, 3.63) is 0 Å². The molecule has 0 aromatic heterocycles. The molecule has 20 heteroatoms. The van der Waals surface area contributed by atoms with Gasteiger partial charge in [-0.15, -0.1) is 0 Å². The van der Waals surface area contributed by atoms with E-state index in [1.54, 1.807) is 0 Å². The molecule has 0 aliphatic carbocycles. The monoisotopic (exact) mass is 538 g/mol. The molecule has 0 rings (SSSR count). The zero-order chi connectivity index (χ0) is 27.5. The lowest BCUT2D eigenvalue weighted by atomic mass is 9.81. The van der Waals surface area contributed by atoms with Crippen LogP contribution in [0.5, 0.6) is 0 Å². The summed E-state index contributed by atoms with van der Waals surface area (Å²) in [7, 11) is 0. The van der Waals surface area contributed by atoms with Crippen molar-refractivity contribution in [2.45, 2.75) is 73.1 Å². The molecule has 0 aliphatic rings. The average molecular weight is 538 g/mol. The molecule has 0 heterocycles. The highest BCUT2D eigenvalue weighted by Crippen LogP contribution is 2.65. The Kier molecular flexibility index (Phi) is 7.45. The number of carbonyl (C=O) groups is 1. The van der Waals surface area contributed by atoms with Gasteiger partial charge in [0.2, 0.25) is 0 Å². The molecule has 1 atom stereocenters. The number of aliphatic carboxylic acids is 1. The van der Waals surface area contributed by atoms with E-state index in [1.807, 2.05) is 0 Å². The minimum atomic E-state index is -8.84. The van der Waals surface area contributed by atoms with Crippen molar-refractivity contribution < 1.29 is 88.9 Å². The molecule has 33 heavy (non-hydrogen) atoms. The summed E-state index contributed by atoms with van der Waals surface area (Å²) in [4.78, 5) is 10.3. The number of carboxylic acid groups (broad SMARTS) is 1. The highest BCUT2D eigenvalue weighted by Gasteiger charge is 2.96. The Morgan fingerprint density at radius 2 is 0.758 bits per heavy atom. The molecule has 0 saturated carbocycles. The van der Waals surface area contributed by atoms with E-state index < -0.39 is 72.1 Å². The predicted molar refractivity (Wildman–Crippen MR) is 67.1 cm³/mol. The Morgan fingerprint density at radius 1 is 0.515 bits per heavy atom. The van der Waals surface area contributed by atoms with Crippen LogP contribution in [0.15, 0.2) is 0 Å². The van der Waals surface area contributed by atoms with Gasteiger partial charge < -0.3 is 5.11 Å². The van der Waals surface area contributed by atoms with Crippen LogP contribution in [-0.2, 0) is 4.79 Å². The van der Waals surface area contributed by atoms with E-state index in [0.29, 0.717) is 0 Å². The Bertz CT molecular complexity index is 738. The van der Waals surface area contributed by atoms with E-state index in [1.165, 1.54) is 0 Å². The molecular formula is C13H8F18O2. The van der Waals surface area contributed by atoms with Crippen molar-refractivity contribution in [1.82, 2.24) is 0 Å². The van der Waals surface area contributed by atoms with E-state index in [-0.39, 0.29) is 6.92 Å². The molecule has 0 spiro atoms. The molecule has 1 unspecified atom stereocenters. The SMILES string of the molecule is CCC(F)(CC(=O)O)C(F)(F)C(F)(F)C(F)(F)C(F)(F)C(F)(F)C(F)(F)C(F)(F)C(F)(F)F. The van der Waals surface area contributed by atoms with E-state index in [2.05, 4.69) is 0 Å². The summed E-state index contributed by atoms with van der Waals surface area (Å²) in [6.07, 6.45) is -13.0. The maximum Gasteiger partial charge on any atom is 0.460 e. The summed E-state index contributed by atoms with van der Waals surface area (Å²) in [5.74, 6) is -61.8. The quantitative estimate of drug-likeness (QED) is 0.319. The Balaban J connectivity index is 6.98. The average Bonchev–Trinajstić information content (AvgIpc) is 2.58. The van der Waals surface area contributed by atoms with Gasteiger partial charge >= 0.3 is 53.6 Å². The fraction of sp³-hybridized carbons (Fsp3) is 0.923. The minimum absolute atomic E-state index is 0.0376. The van der Waals surface area contributed by atoms with Gasteiger partial charge in [-0.1, -0.05) is 6.92 Å². The number of hydrogen-bond acceptors (Lipinski definition) is 1. The van der Waals surface area contributed by atoms with E-state index in [4.69, 9.17) is 5.11 Å². The minimum Gasteiger partial charge on any atom is -0.481 e. The first-order chi connectivity index (χ1) is 14.0. The van der Waals surface area contributed by atoms with Gasteiger partial charge in [0.1, 0.15) is 0 Å². The van der Waals surface area contributed by atoms with Crippen molar-refractivity contribution in [1.29, 1.82) is 0 Å². The maximum absolute atomic E-state index is 14.0. The van der Waals surface area contributed by atoms with Crippen LogP contribution < -0.4 is 0 Å². The zero-order valence-corrected chi connectivity index (χ0v) is 15.1. The van der Waals surface area contributed by atoms with E-state index in [9.17, 15) is 83.8 Å². The molecule has 0 aromatic rings. The van der Waals surface area contributed by atoms with Crippen LogP contribution in [0, 0.1) is 0 Å². The molecule has 0 bridgehead atoms. The summed E-state index contributed by atoms with van der Waals surface area (Å²) in [6, 6.07) is 0. The Labute approximate surface area is 169 Å². The first-order valence-corrected chi connectivity index (χ1v) is 7.60. The molecule has 2 nitrogen and oxygen atoms in total. The summed E-state index contributed by atoms with van der Waals surface area (Å²) < 4.78 is 237. The molecule has 0 saturated heterocycles. The van der Waals surface area contributed by atoms with Crippen molar-refractivity contribution in [2.24, 2.45) is 0 Å². The summed E-state index contributed by atoms with van der Waals surface area (Å²) in [6.45, 7) is 0.0376. The summed E-state index contributed by atoms with van der Waals surface area (Å²) in [5, 5.41) is 8.21. The number of alkyl halides is 18. The van der Waals surface area contributed by atoms with Crippen LogP contribution in [0.4, 0.5) is 79.0 Å². The third-order valence-electron chi connectivity index (χ3n) is 4.28. The highest BCUT2D eigenvalue weighted by molar-refractivity contribution is 5.68. The van der Waals surface area contributed by atoms with Gasteiger partial charge in [-0.25, -0.2) is 4.39 Å². The topological polar surface area (TPSA) is 37.3 Å². The van der Waals surface area contributed by atoms with Gasteiger partial charge in [-0.05, 0) is 6.42 Å². The summed E-state index contributed by atoms with van der Waals surface area (Å²) >= 11 is 0. The number of halogens is 18. The van der Waals surface area contributed by atoms with Gasteiger partial charge in [0.05, 0.1) is 6.42 Å². The predicted octanol–water partition coefficient (Wildman–Crippen LogP) is 6.59. The van der Waals surface area contributed by atoms with Crippen LogP contribution in [-0.4, -0.2) is 64.4 Å². The van der Waals surface area contributed by atoms with E-state index in [0.717, 1.165) is 0 Å². The first kappa shape index (κ1) is 31.2. The Morgan fingerprint density at radius 3 is 0.970 bits per heavy atom. The normalized spacial score (nSPS) is 17.7. The summed E-state index contributed by atoms with van der Waals surface area (Å²) in [5.41, 5.74) is -5.46.